The standard InChI is InChI=1S/C17H21N3O/c1-3-18-16-14-8-6-5-7-13(14)15(11-19-16)17(21)20(4-2)12-9-10-12/h5-8,11-12H,3-4,9-10H2,1-2H3,(H,18,19). The van der Waals surface area contributed by atoms with Gasteiger partial charge in [-0.2, -0.15) is 0 Å². The highest BCUT2D eigenvalue weighted by molar-refractivity contribution is 6.09. The first-order valence-corrected chi connectivity index (χ1v) is 7.68. The summed E-state index contributed by atoms with van der Waals surface area (Å²) in [5, 5.41) is 5.25. The number of rotatable bonds is 5. The largest absolute Gasteiger partial charge is 0.370 e. The van der Waals surface area contributed by atoms with Crippen LogP contribution in [0, 0.1) is 0 Å². The van der Waals surface area contributed by atoms with E-state index in [1.807, 2.05) is 43.0 Å². The minimum absolute atomic E-state index is 0.103. The van der Waals surface area contributed by atoms with Gasteiger partial charge in [-0.3, -0.25) is 4.79 Å². The lowest BCUT2D eigenvalue weighted by Gasteiger charge is -2.21. The van der Waals surface area contributed by atoms with Crippen molar-refractivity contribution in [3.05, 3.63) is 36.0 Å². The molecule has 4 heteroatoms. The Morgan fingerprint density at radius 2 is 2.00 bits per heavy atom. The highest BCUT2D eigenvalue weighted by Crippen LogP contribution is 2.30. The fourth-order valence-corrected chi connectivity index (χ4v) is 2.78. The van der Waals surface area contributed by atoms with Gasteiger partial charge in [-0.25, -0.2) is 4.98 Å². The van der Waals surface area contributed by atoms with Crippen molar-refractivity contribution >= 4 is 22.5 Å². The maximum Gasteiger partial charge on any atom is 0.256 e. The molecule has 1 amide bonds. The number of nitrogens with one attached hydrogen (secondary N) is 1. The van der Waals surface area contributed by atoms with E-state index in [1.165, 1.54) is 0 Å². The molecular weight excluding hydrogens is 262 g/mol. The molecule has 1 saturated carbocycles. The Bertz CT molecular complexity index is 664. The monoisotopic (exact) mass is 283 g/mol. The van der Waals surface area contributed by atoms with Crippen molar-refractivity contribution in [1.29, 1.82) is 0 Å². The number of carbonyl (C=O) groups excluding carboxylic acids is 1. The summed E-state index contributed by atoms with van der Waals surface area (Å²) >= 11 is 0. The predicted octanol–water partition coefficient (Wildman–Crippen LogP) is 3.29. The molecule has 2 aromatic rings. The minimum atomic E-state index is 0.103. The number of hydrogen-bond donors (Lipinski definition) is 1. The summed E-state index contributed by atoms with van der Waals surface area (Å²) in [5.41, 5.74) is 0.709. The fourth-order valence-electron chi connectivity index (χ4n) is 2.78. The summed E-state index contributed by atoms with van der Waals surface area (Å²) in [4.78, 5) is 19.2. The molecule has 1 heterocycles. The Morgan fingerprint density at radius 3 is 2.62 bits per heavy atom. The van der Waals surface area contributed by atoms with E-state index in [0.29, 0.717) is 11.6 Å². The molecule has 1 aliphatic carbocycles. The topological polar surface area (TPSA) is 45.2 Å². The Labute approximate surface area is 125 Å². The minimum Gasteiger partial charge on any atom is -0.370 e. The highest BCUT2D eigenvalue weighted by atomic mass is 16.2. The number of fused-ring (bicyclic) bond motifs is 1. The van der Waals surface area contributed by atoms with Gasteiger partial charge in [0.05, 0.1) is 5.56 Å². The van der Waals surface area contributed by atoms with Gasteiger partial charge in [0, 0.05) is 30.7 Å². The summed E-state index contributed by atoms with van der Waals surface area (Å²) < 4.78 is 0. The van der Waals surface area contributed by atoms with E-state index in [4.69, 9.17) is 0 Å². The number of amides is 1. The molecule has 0 spiro atoms. The van der Waals surface area contributed by atoms with Crippen molar-refractivity contribution in [2.45, 2.75) is 32.7 Å². The van der Waals surface area contributed by atoms with Gasteiger partial charge in [-0.1, -0.05) is 24.3 Å². The smallest absolute Gasteiger partial charge is 0.256 e. The predicted molar refractivity (Wildman–Crippen MR) is 85.6 cm³/mol. The third kappa shape index (κ3) is 2.58. The number of aromatic nitrogens is 1. The Balaban J connectivity index is 2.06. The third-order valence-corrected chi connectivity index (χ3v) is 3.96. The average molecular weight is 283 g/mol. The molecule has 1 aliphatic rings. The van der Waals surface area contributed by atoms with E-state index in [2.05, 4.69) is 10.3 Å². The number of benzene rings is 1. The molecule has 0 aliphatic heterocycles. The van der Waals surface area contributed by atoms with Crippen LogP contribution in [0.3, 0.4) is 0 Å². The fraction of sp³-hybridized carbons (Fsp3) is 0.412. The molecule has 0 radical (unpaired) electrons. The van der Waals surface area contributed by atoms with Gasteiger partial charge in [0.25, 0.3) is 5.91 Å². The first-order chi connectivity index (χ1) is 10.3. The van der Waals surface area contributed by atoms with Crippen molar-refractivity contribution in [2.75, 3.05) is 18.4 Å². The lowest BCUT2D eigenvalue weighted by Crippen LogP contribution is -2.33. The second-order valence-electron chi connectivity index (χ2n) is 5.42. The molecule has 0 unspecified atom stereocenters. The van der Waals surface area contributed by atoms with Gasteiger partial charge < -0.3 is 10.2 Å². The Hall–Kier alpha value is -2.10. The van der Waals surface area contributed by atoms with Gasteiger partial charge in [-0.15, -0.1) is 0 Å². The van der Waals surface area contributed by atoms with E-state index in [0.717, 1.165) is 42.5 Å². The molecule has 3 rings (SSSR count). The van der Waals surface area contributed by atoms with Crippen molar-refractivity contribution in [1.82, 2.24) is 9.88 Å². The van der Waals surface area contributed by atoms with E-state index in [1.54, 1.807) is 6.20 Å². The van der Waals surface area contributed by atoms with Crippen LogP contribution in [-0.2, 0) is 0 Å². The van der Waals surface area contributed by atoms with Gasteiger partial charge in [0.15, 0.2) is 0 Å². The zero-order chi connectivity index (χ0) is 14.8. The Morgan fingerprint density at radius 1 is 1.29 bits per heavy atom. The van der Waals surface area contributed by atoms with Crippen LogP contribution in [-0.4, -0.2) is 34.9 Å². The summed E-state index contributed by atoms with van der Waals surface area (Å²) in [6.45, 7) is 5.65. The highest BCUT2D eigenvalue weighted by Gasteiger charge is 2.32. The molecule has 1 aromatic heterocycles. The van der Waals surface area contributed by atoms with E-state index >= 15 is 0 Å². The van der Waals surface area contributed by atoms with E-state index in [-0.39, 0.29) is 5.91 Å². The van der Waals surface area contributed by atoms with Crippen molar-refractivity contribution < 1.29 is 4.79 Å². The van der Waals surface area contributed by atoms with Crippen molar-refractivity contribution in [3.63, 3.8) is 0 Å². The van der Waals surface area contributed by atoms with Crippen LogP contribution in [0.1, 0.15) is 37.0 Å². The summed E-state index contributed by atoms with van der Waals surface area (Å²) in [5.74, 6) is 0.950. The SMILES string of the molecule is CCNc1ncc(C(=O)N(CC)C2CC2)c2ccccc12. The molecular formula is C17H21N3O. The second kappa shape index (κ2) is 5.72. The first-order valence-electron chi connectivity index (χ1n) is 7.68. The lowest BCUT2D eigenvalue weighted by atomic mass is 10.1. The summed E-state index contributed by atoms with van der Waals surface area (Å²) in [6, 6.07) is 8.41. The van der Waals surface area contributed by atoms with Gasteiger partial charge >= 0.3 is 0 Å². The van der Waals surface area contributed by atoms with E-state index < -0.39 is 0 Å². The third-order valence-electron chi connectivity index (χ3n) is 3.96. The molecule has 110 valence electrons. The molecule has 4 nitrogen and oxygen atoms in total. The van der Waals surface area contributed by atoms with Crippen LogP contribution in [0.5, 0.6) is 0 Å². The average Bonchev–Trinajstić information content (AvgIpc) is 3.33. The van der Waals surface area contributed by atoms with Gasteiger partial charge in [0.2, 0.25) is 0 Å². The van der Waals surface area contributed by atoms with Crippen LogP contribution in [0.2, 0.25) is 0 Å². The first kappa shape index (κ1) is 13.9. The van der Waals surface area contributed by atoms with Crippen molar-refractivity contribution in [3.8, 4) is 0 Å². The number of pyridine rings is 1. The maximum atomic E-state index is 12.8. The van der Waals surface area contributed by atoms with Crippen molar-refractivity contribution in [2.24, 2.45) is 0 Å². The molecule has 0 atom stereocenters. The number of hydrogen-bond acceptors (Lipinski definition) is 3. The zero-order valence-corrected chi connectivity index (χ0v) is 12.6. The number of nitrogens with zero attached hydrogens (tertiary/aromatic N) is 2. The second-order valence-corrected chi connectivity index (χ2v) is 5.42. The van der Waals surface area contributed by atoms with Crippen LogP contribution in [0.4, 0.5) is 5.82 Å². The molecule has 1 fully saturated rings. The van der Waals surface area contributed by atoms with Gasteiger partial charge in [0.1, 0.15) is 5.82 Å². The van der Waals surface area contributed by atoms with Crippen LogP contribution in [0.15, 0.2) is 30.5 Å². The van der Waals surface area contributed by atoms with E-state index in [9.17, 15) is 4.79 Å². The molecule has 21 heavy (non-hydrogen) atoms. The van der Waals surface area contributed by atoms with Crippen LogP contribution in [0.25, 0.3) is 10.8 Å². The quantitative estimate of drug-likeness (QED) is 0.916. The number of anilines is 1. The maximum absolute atomic E-state index is 12.8. The summed E-state index contributed by atoms with van der Waals surface area (Å²) in [6.07, 6.45) is 3.97. The normalized spacial score (nSPS) is 14.2. The molecule has 1 N–H and O–H groups in total. The molecule has 0 saturated heterocycles. The molecule has 0 bridgehead atoms. The van der Waals surface area contributed by atoms with Gasteiger partial charge in [-0.05, 0) is 32.1 Å². The Kier molecular flexibility index (Phi) is 3.78. The van der Waals surface area contributed by atoms with Crippen LogP contribution >= 0.6 is 0 Å². The molecule has 1 aromatic carbocycles. The summed E-state index contributed by atoms with van der Waals surface area (Å²) in [7, 11) is 0. The number of carbonyl (C=O) groups is 1. The zero-order valence-electron chi connectivity index (χ0n) is 12.6. The van der Waals surface area contributed by atoms with Crippen LogP contribution < -0.4 is 5.32 Å². The lowest BCUT2D eigenvalue weighted by molar-refractivity contribution is 0.0754.